The number of aryl methyl sites for hydroxylation is 3. The van der Waals surface area contributed by atoms with Crippen molar-refractivity contribution in [2.24, 2.45) is 14.1 Å². The van der Waals surface area contributed by atoms with Crippen LogP contribution in [-0.4, -0.2) is 29.9 Å². The van der Waals surface area contributed by atoms with Crippen LogP contribution in [-0.2, 0) is 20.5 Å². The molecule has 2 heterocycles. The van der Waals surface area contributed by atoms with Crippen molar-refractivity contribution < 1.29 is 5.11 Å². The van der Waals surface area contributed by atoms with E-state index in [2.05, 4.69) is 15.4 Å². The van der Waals surface area contributed by atoms with Gasteiger partial charge in [-0.1, -0.05) is 5.21 Å². The molecule has 0 spiro atoms. The maximum absolute atomic E-state index is 10.2. The minimum Gasteiger partial charge on any atom is -0.386 e. The molecule has 0 aliphatic carbocycles. The van der Waals surface area contributed by atoms with Gasteiger partial charge in [-0.15, -0.1) is 5.10 Å². The molecule has 0 saturated carbocycles. The van der Waals surface area contributed by atoms with E-state index in [-0.39, 0.29) is 0 Å². The lowest BCUT2D eigenvalue weighted by atomic mass is 10.0. The molecule has 0 aromatic carbocycles. The molecule has 0 bridgehead atoms. The number of aromatic nitrogens is 5. The van der Waals surface area contributed by atoms with E-state index >= 15 is 0 Å². The van der Waals surface area contributed by atoms with Gasteiger partial charge < -0.3 is 5.11 Å². The van der Waals surface area contributed by atoms with Crippen LogP contribution in [0.1, 0.15) is 28.7 Å². The van der Waals surface area contributed by atoms with Crippen LogP contribution in [0.3, 0.4) is 0 Å². The quantitative estimate of drug-likeness (QED) is 0.838. The van der Waals surface area contributed by atoms with Gasteiger partial charge in [-0.2, -0.15) is 5.10 Å². The zero-order chi connectivity index (χ0) is 12.6. The molecule has 2 aromatic heterocycles. The Kier molecular flexibility index (Phi) is 2.97. The molecule has 17 heavy (non-hydrogen) atoms. The van der Waals surface area contributed by atoms with Crippen LogP contribution in [0.25, 0.3) is 0 Å². The summed E-state index contributed by atoms with van der Waals surface area (Å²) < 4.78 is 3.42. The summed E-state index contributed by atoms with van der Waals surface area (Å²) in [7, 11) is 3.68. The lowest BCUT2D eigenvalue weighted by Gasteiger charge is -2.10. The standard InChI is InChI=1S/C11H17N5O/c1-7-9(8(2)15(3)13-7)5-11(17)10-6-12-14-16(10)4/h6,11,17H,5H2,1-4H3. The number of rotatable bonds is 3. The molecule has 2 rings (SSSR count). The maximum atomic E-state index is 10.2. The van der Waals surface area contributed by atoms with Gasteiger partial charge in [0.25, 0.3) is 0 Å². The van der Waals surface area contributed by atoms with E-state index in [4.69, 9.17) is 0 Å². The highest BCUT2D eigenvalue weighted by Crippen LogP contribution is 2.21. The number of aliphatic hydroxyl groups is 1. The molecule has 1 atom stereocenters. The van der Waals surface area contributed by atoms with Crippen molar-refractivity contribution in [3.8, 4) is 0 Å². The Morgan fingerprint density at radius 3 is 2.47 bits per heavy atom. The Morgan fingerprint density at radius 2 is 2.00 bits per heavy atom. The molecular weight excluding hydrogens is 218 g/mol. The van der Waals surface area contributed by atoms with E-state index in [9.17, 15) is 5.11 Å². The number of hydrogen-bond acceptors (Lipinski definition) is 4. The normalized spacial score (nSPS) is 13.0. The Labute approximate surface area is 99.9 Å². The smallest absolute Gasteiger partial charge is 0.101 e. The van der Waals surface area contributed by atoms with Gasteiger partial charge in [-0.05, 0) is 19.4 Å². The van der Waals surface area contributed by atoms with Gasteiger partial charge in [0.1, 0.15) is 6.10 Å². The van der Waals surface area contributed by atoms with Crippen LogP contribution in [0.5, 0.6) is 0 Å². The van der Waals surface area contributed by atoms with E-state index in [1.165, 1.54) is 0 Å². The Balaban J connectivity index is 2.24. The first-order valence-corrected chi connectivity index (χ1v) is 5.52. The van der Waals surface area contributed by atoms with Crippen LogP contribution in [0, 0.1) is 13.8 Å². The molecule has 1 unspecified atom stereocenters. The molecule has 6 heteroatoms. The highest BCUT2D eigenvalue weighted by atomic mass is 16.3. The third kappa shape index (κ3) is 2.08. The van der Waals surface area contributed by atoms with Gasteiger partial charge in [0.15, 0.2) is 0 Å². The molecule has 0 radical (unpaired) electrons. The fraction of sp³-hybridized carbons (Fsp3) is 0.545. The molecular formula is C11H17N5O. The molecule has 0 aliphatic heterocycles. The monoisotopic (exact) mass is 235 g/mol. The van der Waals surface area contributed by atoms with E-state index in [0.29, 0.717) is 12.1 Å². The second-order valence-corrected chi connectivity index (χ2v) is 4.28. The summed E-state index contributed by atoms with van der Waals surface area (Å²) in [5.41, 5.74) is 3.84. The lowest BCUT2D eigenvalue weighted by molar-refractivity contribution is 0.168. The third-order valence-corrected chi connectivity index (χ3v) is 3.15. The van der Waals surface area contributed by atoms with Crippen molar-refractivity contribution >= 4 is 0 Å². The first-order chi connectivity index (χ1) is 8.00. The van der Waals surface area contributed by atoms with Crippen molar-refractivity contribution in [3.63, 3.8) is 0 Å². The van der Waals surface area contributed by atoms with E-state index < -0.39 is 6.10 Å². The van der Waals surface area contributed by atoms with Crippen LogP contribution >= 0.6 is 0 Å². The second-order valence-electron chi connectivity index (χ2n) is 4.28. The van der Waals surface area contributed by atoms with Gasteiger partial charge in [-0.25, -0.2) is 4.68 Å². The average Bonchev–Trinajstić information content (AvgIpc) is 2.78. The summed E-state index contributed by atoms with van der Waals surface area (Å²) in [5.74, 6) is 0. The predicted molar refractivity (Wildman–Crippen MR) is 62.3 cm³/mol. The Hall–Kier alpha value is -1.69. The van der Waals surface area contributed by atoms with Gasteiger partial charge >= 0.3 is 0 Å². The molecule has 6 nitrogen and oxygen atoms in total. The topological polar surface area (TPSA) is 68.8 Å². The molecule has 0 amide bonds. The van der Waals surface area contributed by atoms with Crippen molar-refractivity contribution in [3.05, 3.63) is 28.8 Å². The van der Waals surface area contributed by atoms with Crippen LogP contribution in [0.4, 0.5) is 0 Å². The van der Waals surface area contributed by atoms with E-state index in [1.54, 1.807) is 17.9 Å². The first-order valence-electron chi connectivity index (χ1n) is 5.52. The SMILES string of the molecule is Cc1nn(C)c(C)c1CC(O)c1cnnn1C. The Bertz CT molecular complexity index is 528. The zero-order valence-corrected chi connectivity index (χ0v) is 10.5. The number of hydrogen-bond donors (Lipinski definition) is 1. The third-order valence-electron chi connectivity index (χ3n) is 3.15. The zero-order valence-electron chi connectivity index (χ0n) is 10.5. The first kappa shape index (κ1) is 11.8. The second kappa shape index (κ2) is 4.29. The number of aliphatic hydroxyl groups excluding tert-OH is 1. The molecule has 0 saturated heterocycles. The highest BCUT2D eigenvalue weighted by molar-refractivity contribution is 5.26. The summed E-state index contributed by atoms with van der Waals surface area (Å²) in [4.78, 5) is 0. The molecule has 1 N–H and O–H groups in total. The minimum atomic E-state index is -0.600. The predicted octanol–water partition coefficient (Wildman–Crippen LogP) is 0.442. The fourth-order valence-electron chi connectivity index (χ4n) is 2.01. The summed E-state index contributed by atoms with van der Waals surface area (Å²) in [6.07, 6.45) is 1.52. The minimum absolute atomic E-state index is 0.534. The van der Waals surface area contributed by atoms with Crippen molar-refractivity contribution in [1.82, 2.24) is 24.8 Å². The highest BCUT2D eigenvalue weighted by Gasteiger charge is 2.18. The van der Waals surface area contributed by atoms with Gasteiger partial charge in [0.05, 0.1) is 17.6 Å². The van der Waals surface area contributed by atoms with Crippen molar-refractivity contribution in [2.45, 2.75) is 26.4 Å². The fourth-order valence-corrected chi connectivity index (χ4v) is 2.01. The molecule has 0 aliphatic rings. The average molecular weight is 235 g/mol. The van der Waals surface area contributed by atoms with Crippen LogP contribution in [0.2, 0.25) is 0 Å². The van der Waals surface area contributed by atoms with E-state index in [0.717, 1.165) is 17.0 Å². The lowest BCUT2D eigenvalue weighted by Crippen LogP contribution is -2.09. The van der Waals surface area contributed by atoms with Crippen LogP contribution < -0.4 is 0 Å². The van der Waals surface area contributed by atoms with Crippen molar-refractivity contribution in [2.75, 3.05) is 0 Å². The van der Waals surface area contributed by atoms with Gasteiger partial charge in [0, 0.05) is 26.2 Å². The summed E-state index contributed by atoms with van der Waals surface area (Å²) >= 11 is 0. The van der Waals surface area contributed by atoms with Gasteiger partial charge in [-0.3, -0.25) is 4.68 Å². The summed E-state index contributed by atoms with van der Waals surface area (Å²) in [6.45, 7) is 3.96. The Morgan fingerprint density at radius 1 is 1.29 bits per heavy atom. The maximum Gasteiger partial charge on any atom is 0.101 e. The summed E-state index contributed by atoms with van der Waals surface area (Å²) in [5, 5.41) is 22.1. The van der Waals surface area contributed by atoms with E-state index in [1.807, 2.05) is 25.6 Å². The molecule has 0 fully saturated rings. The summed E-state index contributed by atoms with van der Waals surface area (Å²) in [6, 6.07) is 0. The molecule has 92 valence electrons. The van der Waals surface area contributed by atoms with Crippen molar-refractivity contribution in [1.29, 1.82) is 0 Å². The molecule has 2 aromatic rings. The van der Waals surface area contributed by atoms with Gasteiger partial charge in [0.2, 0.25) is 0 Å². The van der Waals surface area contributed by atoms with Crippen LogP contribution in [0.15, 0.2) is 6.20 Å². The number of nitrogens with zero attached hydrogens (tertiary/aromatic N) is 5. The largest absolute Gasteiger partial charge is 0.386 e.